The van der Waals surface area contributed by atoms with Crippen molar-refractivity contribution < 1.29 is 9.59 Å². The van der Waals surface area contributed by atoms with Crippen molar-refractivity contribution in [2.75, 3.05) is 11.9 Å². The summed E-state index contributed by atoms with van der Waals surface area (Å²) in [5.74, 6) is -0.156. The van der Waals surface area contributed by atoms with Crippen LogP contribution in [-0.4, -0.2) is 18.4 Å². The number of carbonyl (C=O) groups excluding carboxylic acids is 2. The second-order valence-electron chi connectivity index (χ2n) is 5.05. The molecule has 0 radical (unpaired) electrons. The van der Waals surface area contributed by atoms with E-state index in [-0.39, 0.29) is 17.7 Å². The van der Waals surface area contributed by atoms with Gasteiger partial charge in [-0.25, -0.2) is 0 Å². The van der Waals surface area contributed by atoms with Gasteiger partial charge in [-0.15, -0.1) is 11.3 Å². The highest BCUT2D eigenvalue weighted by molar-refractivity contribution is 7.13. The first-order valence-electron chi connectivity index (χ1n) is 6.94. The highest BCUT2D eigenvalue weighted by Crippen LogP contribution is 2.31. The van der Waals surface area contributed by atoms with E-state index >= 15 is 0 Å². The fraction of sp³-hybridized carbons (Fsp3) is 0.250. The summed E-state index contributed by atoms with van der Waals surface area (Å²) < 4.78 is 0. The molecule has 1 aliphatic rings. The molecule has 1 atom stereocenters. The van der Waals surface area contributed by atoms with E-state index in [1.807, 2.05) is 41.8 Å². The van der Waals surface area contributed by atoms with Crippen molar-refractivity contribution >= 4 is 28.8 Å². The Labute approximate surface area is 127 Å². The molecule has 1 aromatic carbocycles. The maximum absolute atomic E-state index is 12.3. The Bertz CT molecular complexity index is 642. The number of anilines is 1. The van der Waals surface area contributed by atoms with E-state index < -0.39 is 0 Å². The molecule has 0 spiro atoms. The molecule has 108 valence electrons. The fourth-order valence-corrected chi connectivity index (χ4v) is 3.20. The van der Waals surface area contributed by atoms with Gasteiger partial charge in [0.2, 0.25) is 11.8 Å². The minimum atomic E-state index is -0.154. The van der Waals surface area contributed by atoms with Crippen LogP contribution in [0.25, 0.3) is 10.4 Å². The first-order valence-corrected chi connectivity index (χ1v) is 7.82. The third-order valence-electron chi connectivity index (χ3n) is 3.61. The molecule has 2 N–H and O–H groups in total. The van der Waals surface area contributed by atoms with Crippen LogP contribution in [0.4, 0.5) is 5.69 Å². The SMILES string of the molecule is O=C1CCC(C(=O)Nc2ccccc2-c2cccs2)CN1. The first-order chi connectivity index (χ1) is 10.2. The number of piperidine rings is 1. The predicted octanol–water partition coefficient (Wildman–Crippen LogP) is 2.88. The van der Waals surface area contributed by atoms with Crippen LogP contribution in [0, 0.1) is 5.92 Å². The van der Waals surface area contributed by atoms with E-state index in [0.29, 0.717) is 19.4 Å². The van der Waals surface area contributed by atoms with Crippen molar-refractivity contribution in [3.8, 4) is 10.4 Å². The topological polar surface area (TPSA) is 58.2 Å². The van der Waals surface area contributed by atoms with Crippen molar-refractivity contribution in [3.05, 3.63) is 41.8 Å². The van der Waals surface area contributed by atoms with Crippen molar-refractivity contribution in [2.45, 2.75) is 12.8 Å². The van der Waals surface area contributed by atoms with Crippen molar-refractivity contribution in [1.29, 1.82) is 0 Å². The Kier molecular flexibility index (Phi) is 4.01. The summed E-state index contributed by atoms with van der Waals surface area (Å²) in [5.41, 5.74) is 1.85. The third kappa shape index (κ3) is 3.13. The van der Waals surface area contributed by atoms with Crippen LogP contribution in [0.5, 0.6) is 0 Å². The maximum Gasteiger partial charge on any atom is 0.229 e. The lowest BCUT2D eigenvalue weighted by Crippen LogP contribution is -2.40. The summed E-state index contributed by atoms with van der Waals surface area (Å²) in [5, 5.41) is 7.76. The van der Waals surface area contributed by atoms with Crippen LogP contribution in [0.15, 0.2) is 41.8 Å². The molecule has 0 bridgehead atoms. The second-order valence-corrected chi connectivity index (χ2v) is 6.00. The number of carbonyl (C=O) groups is 2. The zero-order valence-corrected chi connectivity index (χ0v) is 12.3. The van der Waals surface area contributed by atoms with Gasteiger partial charge in [-0.05, 0) is 23.9 Å². The van der Waals surface area contributed by atoms with Gasteiger partial charge in [0.1, 0.15) is 0 Å². The average molecular weight is 300 g/mol. The molecule has 0 aliphatic carbocycles. The lowest BCUT2D eigenvalue weighted by atomic mass is 9.98. The van der Waals surface area contributed by atoms with E-state index in [9.17, 15) is 9.59 Å². The second kappa shape index (κ2) is 6.10. The molecule has 1 aliphatic heterocycles. The van der Waals surface area contributed by atoms with E-state index in [4.69, 9.17) is 0 Å². The molecule has 2 aromatic rings. The Morgan fingerprint density at radius 1 is 1.24 bits per heavy atom. The Morgan fingerprint density at radius 2 is 2.10 bits per heavy atom. The highest BCUT2D eigenvalue weighted by atomic mass is 32.1. The molecule has 2 heterocycles. The van der Waals surface area contributed by atoms with Crippen LogP contribution in [0.3, 0.4) is 0 Å². The lowest BCUT2D eigenvalue weighted by molar-refractivity contribution is -0.126. The lowest BCUT2D eigenvalue weighted by Gasteiger charge is -2.22. The zero-order chi connectivity index (χ0) is 14.7. The Hall–Kier alpha value is -2.14. The standard InChI is InChI=1S/C16H16N2O2S/c19-15-8-7-11(10-17-15)16(20)18-13-5-2-1-4-12(13)14-6-3-9-21-14/h1-6,9,11H,7-8,10H2,(H,17,19)(H,18,20). The number of thiophene rings is 1. The van der Waals surface area contributed by atoms with Gasteiger partial charge in [0.15, 0.2) is 0 Å². The normalized spacial score (nSPS) is 18.1. The molecule has 3 rings (SSSR count). The van der Waals surface area contributed by atoms with Crippen LogP contribution in [-0.2, 0) is 9.59 Å². The van der Waals surface area contributed by atoms with Gasteiger partial charge in [-0.1, -0.05) is 24.3 Å². The summed E-state index contributed by atoms with van der Waals surface area (Å²) in [6.07, 6.45) is 1.03. The largest absolute Gasteiger partial charge is 0.355 e. The number of rotatable bonds is 3. The number of para-hydroxylation sites is 1. The van der Waals surface area contributed by atoms with Crippen LogP contribution in [0.1, 0.15) is 12.8 Å². The number of nitrogens with one attached hydrogen (secondary N) is 2. The molecule has 5 heteroatoms. The summed E-state index contributed by atoms with van der Waals surface area (Å²) in [6, 6.07) is 11.8. The van der Waals surface area contributed by atoms with Gasteiger partial charge in [0.05, 0.1) is 5.92 Å². The highest BCUT2D eigenvalue weighted by Gasteiger charge is 2.24. The number of amides is 2. The zero-order valence-electron chi connectivity index (χ0n) is 11.5. The predicted molar refractivity (Wildman–Crippen MR) is 84.1 cm³/mol. The number of benzene rings is 1. The minimum absolute atomic E-state index is 0.0260. The molecule has 2 amide bonds. The van der Waals surface area contributed by atoms with Gasteiger partial charge in [-0.3, -0.25) is 9.59 Å². The smallest absolute Gasteiger partial charge is 0.229 e. The molecule has 1 fully saturated rings. The summed E-state index contributed by atoms with van der Waals surface area (Å²) >= 11 is 1.64. The van der Waals surface area contributed by atoms with Crippen molar-refractivity contribution in [1.82, 2.24) is 5.32 Å². The van der Waals surface area contributed by atoms with Crippen LogP contribution in [0.2, 0.25) is 0 Å². The molecular weight excluding hydrogens is 284 g/mol. The Morgan fingerprint density at radius 3 is 2.81 bits per heavy atom. The molecular formula is C16H16N2O2S. The fourth-order valence-electron chi connectivity index (χ4n) is 2.43. The quantitative estimate of drug-likeness (QED) is 0.915. The van der Waals surface area contributed by atoms with Gasteiger partial charge in [0, 0.05) is 29.1 Å². The van der Waals surface area contributed by atoms with Gasteiger partial charge >= 0.3 is 0 Å². The van der Waals surface area contributed by atoms with Gasteiger partial charge < -0.3 is 10.6 Å². The van der Waals surface area contributed by atoms with E-state index in [0.717, 1.165) is 16.1 Å². The molecule has 1 saturated heterocycles. The summed E-state index contributed by atoms with van der Waals surface area (Å²) in [7, 11) is 0. The Balaban J connectivity index is 1.76. The first kappa shape index (κ1) is 13.8. The van der Waals surface area contributed by atoms with Gasteiger partial charge in [-0.2, -0.15) is 0 Å². The van der Waals surface area contributed by atoms with Crippen molar-refractivity contribution in [3.63, 3.8) is 0 Å². The van der Waals surface area contributed by atoms with E-state index in [2.05, 4.69) is 10.6 Å². The minimum Gasteiger partial charge on any atom is -0.355 e. The van der Waals surface area contributed by atoms with Crippen LogP contribution >= 0.6 is 11.3 Å². The summed E-state index contributed by atoms with van der Waals surface area (Å²) in [6.45, 7) is 0.422. The van der Waals surface area contributed by atoms with E-state index in [1.54, 1.807) is 11.3 Å². The average Bonchev–Trinajstić information content (AvgIpc) is 3.02. The molecule has 21 heavy (non-hydrogen) atoms. The van der Waals surface area contributed by atoms with Crippen LogP contribution < -0.4 is 10.6 Å². The number of hydrogen-bond donors (Lipinski definition) is 2. The van der Waals surface area contributed by atoms with Crippen molar-refractivity contribution in [2.24, 2.45) is 5.92 Å². The molecule has 1 unspecified atom stereocenters. The number of hydrogen-bond acceptors (Lipinski definition) is 3. The third-order valence-corrected chi connectivity index (χ3v) is 4.51. The molecule has 0 saturated carbocycles. The molecule has 4 nitrogen and oxygen atoms in total. The van der Waals surface area contributed by atoms with E-state index in [1.165, 1.54) is 0 Å². The summed E-state index contributed by atoms with van der Waals surface area (Å²) in [4.78, 5) is 24.6. The monoisotopic (exact) mass is 300 g/mol. The maximum atomic E-state index is 12.3. The van der Waals surface area contributed by atoms with Gasteiger partial charge in [0.25, 0.3) is 0 Å². The molecule has 1 aromatic heterocycles.